The van der Waals surface area contributed by atoms with Crippen molar-refractivity contribution in [3.63, 3.8) is 0 Å². The maximum Gasteiger partial charge on any atom is 0.490 e. The van der Waals surface area contributed by atoms with E-state index in [1.165, 1.54) is 12.1 Å². The van der Waals surface area contributed by atoms with Crippen LogP contribution in [0.25, 0.3) is 0 Å². The van der Waals surface area contributed by atoms with Crippen molar-refractivity contribution in [2.75, 3.05) is 19.7 Å². The van der Waals surface area contributed by atoms with Crippen LogP contribution in [0.15, 0.2) is 48.8 Å². The molecule has 1 aromatic heterocycles. The minimum atomic E-state index is -5.08. The molecule has 2 atom stereocenters. The van der Waals surface area contributed by atoms with Gasteiger partial charge < -0.3 is 19.5 Å². The Hall–Kier alpha value is -3.05. The number of likely N-dealkylation sites (tertiary alicyclic amines) is 1. The van der Waals surface area contributed by atoms with Gasteiger partial charge in [0, 0.05) is 25.4 Å². The number of aromatic nitrogens is 1. The largest absolute Gasteiger partial charge is 0.490 e. The van der Waals surface area contributed by atoms with Crippen LogP contribution in [-0.4, -0.2) is 64.4 Å². The molecule has 2 fully saturated rings. The number of pyridine rings is 1. The monoisotopic (exact) mass is 470 g/mol. The van der Waals surface area contributed by atoms with Gasteiger partial charge in [-0.15, -0.1) is 0 Å². The smallest absolute Gasteiger partial charge is 0.475 e. The number of halogens is 4. The number of nitrogens with zero attached hydrogens (tertiary/aromatic N) is 2. The lowest BCUT2D eigenvalue weighted by molar-refractivity contribution is -0.192. The van der Waals surface area contributed by atoms with Gasteiger partial charge in [-0.3, -0.25) is 9.78 Å². The molecule has 1 aromatic carbocycles. The summed E-state index contributed by atoms with van der Waals surface area (Å²) < 4.78 is 57.6. The molecule has 7 nitrogen and oxygen atoms in total. The molecule has 2 saturated heterocycles. The first-order chi connectivity index (χ1) is 15.6. The highest BCUT2D eigenvalue weighted by Gasteiger charge is 2.47. The summed E-state index contributed by atoms with van der Waals surface area (Å²) in [4.78, 5) is 27.2. The van der Waals surface area contributed by atoms with Gasteiger partial charge in [0.15, 0.2) is 0 Å². The first kappa shape index (κ1) is 24.6. The topological polar surface area (TPSA) is 89.0 Å². The van der Waals surface area contributed by atoms with Crippen LogP contribution in [0.2, 0.25) is 0 Å². The third-order valence-corrected chi connectivity index (χ3v) is 5.36. The summed E-state index contributed by atoms with van der Waals surface area (Å²) in [5.74, 6) is -3.51. The molecule has 4 rings (SSSR count). The summed E-state index contributed by atoms with van der Waals surface area (Å²) in [6.07, 6.45) is -0.0866. The SMILES string of the molecule is O=C(O)C(F)(F)F.O=C(c1ccccc1F)N1CC[C@]2(C[C@@H](OCc3ccncc3)CO2)C1. The molecule has 2 aliphatic heterocycles. The van der Waals surface area contributed by atoms with Crippen molar-refractivity contribution in [3.05, 3.63) is 65.7 Å². The molecule has 33 heavy (non-hydrogen) atoms. The number of carbonyl (C=O) groups is 2. The van der Waals surface area contributed by atoms with Crippen LogP contribution in [0.1, 0.15) is 28.8 Å². The van der Waals surface area contributed by atoms with Crippen LogP contribution in [0.3, 0.4) is 0 Å². The number of hydrogen-bond donors (Lipinski definition) is 1. The zero-order valence-electron chi connectivity index (χ0n) is 17.4. The summed E-state index contributed by atoms with van der Waals surface area (Å²) >= 11 is 0. The number of amides is 1. The number of carbonyl (C=O) groups excluding carboxylic acids is 1. The second-order valence-corrected chi connectivity index (χ2v) is 7.75. The van der Waals surface area contributed by atoms with Gasteiger partial charge in [0.05, 0.1) is 37.0 Å². The molecular weight excluding hydrogens is 448 g/mol. The Bertz CT molecular complexity index is 973. The van der Waals surface area contributed by atoms with E-state index in [1.807, 2.05) is 12.1 Å². The molecule has 3 heterocycles. The van der Waals surface area contributed by atoms with Crippen molar-refractivity contribution in [1.29, 1.82) is 0 Å². The summed E-state index contributed by atoms with van der Waals surface area (Å²) in [6, 6.07) is 9.96. The molecule has 0 unspecified atom stereocenters. The van der Waals surface area contributed by atoms with Gasteiger partial charge in [-0.1, -0.05) is 12.1 Å². The van der Waals surface area contributed by atoms with Crippen molar-refractivity contribution >= 4 is 11.9 Å². The normalized spacial score (nSPS) is 22.2. The Labute approximate surface area is 186 Å². The molecule has 1 amide bonds. The molecule has 2 aromatic rings. The highest BCUT2D eigenvalue weighted by molar-refractivity contribution is 5.94. The molecule has 0 aliphatic carbocycles. The van der Waals surface area contributed by atoms with E-state index in [-0.39, 0.29) is 23.2 Å². The summed E-state index contributed by atoms with van der Waals surface area (Å²) in [6.45, 7) is 2.09. The lowest BCUT2D eigenvalue weighted by Gasteiger charge is -2.23. The van der Waals surface area contributed by atoms with E-state index in [2.05, 4.69) is 4.98 Å². The summed E-state index contributed by atoms with van der Waals surface area (Å²) in [7, 11) is 0. The number of carboxylic acids is 1. The number of benzene rings is 1. The van der Waals surface area contributed by atoms with E-state index in [1.54, 1.807) is 29.4 Å². The molecule has 0 bridgehead atoms. The number of alkyl halides is 3. The average Bonchev–Trinajstić information content (AvgIpc) is 3.39. The van der Waals surface area contributed by atoms with Gasteiger partial charge in [0.2, 0.25) is 0 Å². The lowest BCUT2D eigenvalue weighted by Crippen LogP contribution is -2.36. The standard InChI is InChI=1S/C20H21FN2O3.C2HF3O2/c21-18-4-2-1-3-17(18)19(24)23-10-7-20(14-23)11-16(13-26-20)25-12-15-5-8-22-9-6-15;3-2(4,5)1(6)7/h1-6,8-9,16H,7,10-14H2;(H,6,7)/t16-,20+;/m1./s1. The summed E-state index contributed by atoms with van der Waals surface area (Å²) in [5.41, 5.74) is 0.820. The maximum absolute atomic E-state index is 13.9. The van der Waals surface area contributed by atoms with Crippen LogP contribution < -0.4 is 0 Å². The van der Waals surface area contributed by atoms with Gasteiger partial charge in [-0.25, -0.2) is 9.18 Å². The highest BCUT2D eigenvalue weighted by atomic mass is 19.4. The molecule has 1 spiro atoms. The Balaban J connectivity index is 0.000000383. The van der Waals surface area contributed by atoms with E-state index >= 15 is 0 Å². The van der Waals surface area contributed by atoms with E-state index in [4.69, 9.17) is 19.4 Å². The third-order valence-electron chi connectivity index (χ3n) is 5.36. The van der Waals surface area contributed by atoms with Crippen LogP contribution in [0.5, 0.6) is 0 Å². The van der Waals surface area contributed by atoms with E-state index in [9.17, 15) is 22.4 Å². The van der Waals surface area contributed by atoms with Crippen LogP contribution >= 0.6 is 0 Å². The first-order valence-corrected chi connectivity index (χ1v) is 10.1. The number of aliphatic carboxylic acids is 1. The predicted molar refractivity (Wildman–Crippen MR) is 107 cm³/mol. The molecule has 0 radical (unpaired) electrons. The molecule has 1 N–H and O–H groups in total. The highest BCUT2D eigenvalue weighted by Crippen LogP contribution is 2.37. The van der Waals surface area contributed by atoms with Crippen LogP contribution in [0.4, 0.5) is 17.6 Å². The zero-order valence-corrected chi connectivity index (χ0v) is 17.4. The van der Waals surface area contributed by atoms with E-state index in [0.717, 1.165) is 18.4 Å². The number of hydrogen-bond acceptors (Lipinski definition) is 5. The molecule has 0 saturated carbocycles. The second-order valence-electron chi connectivity index (χ2n) is 7.75. The van der Waals surface area contributed by atoms with Crippen LogP contribution in [-0.2, 0) is 20.9 Å². The van der Waals surface area contributed by atoms with Crippen molar-refractivity contribution in [1.82, 2.24) is 9.88 Å². The van der Waals surface area contributed by atoms with Gasteiger partial charge in [0.25, 0.3) is 5.91 Å². The number of rotatable bonds is 4. The lowest BCUT2D eigenvalue weighted by atomic mass is 9.98. The fraction of sp³-hybridized carbons (Fsp3) is 0.409. The average molecular weight is 470 g/mol. The predicted octanol–water partition coefficient (Wildman–Crippen LogP) is 3.44. The molecule has 11 heteroatoms. The number of ether oxygens (including phenoxy) is 2. The molecule has 2 aliphatic rings. The number of carboxylic acid groups (broad SMARTS) is 1. The van der Waals surface area contributed by atoms with E-state index in [0.29, 0.717) is 26.3 Å². The fourth-order valence-corrected chi connectivity index (χ4v) is 3.71. The molecule has 178 valence electrons. The van der Waals surface area contributed by atoms with Crippen LogP contribution in [0, 0.1) is 5.82 Å². The quantitative estimate of drug-likeness (QED) is 0.689. The first-order valence-electron chi connectivity index (χ1n) is 10.1. The van der Waals surface area contributed by atoms with Gasteiger partial charge >= 0.3 is 12.1 Å². The minimum Gasteiger partial charge on any atom is -0.475 e. The fourth-order valence-electron chi connectivity index (χ4n) is 3.71. The van der Waals surface area contributed by atoms with Crippen molar-refractivity contribution in [2.24, 2.45) is 0 Å². The Morgan fingerprint density at radius 1 is 1.21 bits per heavy atom. The maximum atomic E-state index is 13.9. The molecular formula is C22H22F4N2O5. The minimum absolute atomic E-state index is 0.00618. The van der Waals surface area contributed by atoms with Crippen molar-refractivity contribution in [3.8, 4) is 0 Å². The van der Waals surface area contributed by atoms with Crippen molar-refractivity contribution < 1.29 is 41.7 Å². The van der Waals surface area contributed by atoms with Gasteiger partial charge in [-0.2, -0.15) is 13.2 Å². The third kappa shape index (κ3) is 6.48. The zero-order chi connectivity index (χ0) is 24.1. The van der Waals surface area contributed by atoms with E-state index < -0.39 is 18.0 Å². The van der Waals surface area contributed by atoms with Gasteiger partial charge in [0.1, 0.15) is 5.82 Å². The Kier molecular flexibility index (Phi) is 7.65. The Morgan fingerprint density at radius 3 is 2.52 bits per heavy atom. The summed E-state index contributed by atoms with van der Waals surface area (Å²) in [5, 5.41) is 7.12. The second kappa shape index (κ2) is 10.3. The Morgan fingerprint density at radius 2 is 1.88 bits per heavy atom. The van der Waals surface area contributed by atoms with Gasteiger partial charge in [-0.05, 0) is 36.2 Å². The van der Waals surface area contributed by atoms with Crippen molar-refractivity contribution in [2.45, 2.75) is 37.3 Å².